The first kappa shape index (κ1) is 11.1. The first-order valence-electron chi connectivity index (χ1n) is 6.81. The van der Waals surface area contributed by atoms with Gasteiger partial charge in [0.05, 0.1) is 0 Å². The number of rotatable bonds is 2. The molecule has 0 spiro atoms. The molecular formula is C15H21NO. The molecule has 1 aromatic carbocycles. The lowest BCUT2D eigenvalue weighted by Gasteiger charge is -2.31. The van der Waals surface area contributed by atoms with Crippen LogP contribution in [0.2, 0.25) is 0 Å². The van der Waals surface area contributed by atoms with Crippen molar-refractivity contribution < 1.29 is 5.11 Å². The van der Waals surface area contributed by atoms with Crippen molar-refractivity contribution in [1.29, 1.82) is 0 Å². The first-order chi connectivity index (χ1) is 8.27. The van der Waals surface area contributed by atoms with Gasteiger partial charge in [-0.15, -0.1) is 0 Å². The Morgan fingerprint density at radius 3 is 2.59 bits per heavy atom. The molecule has 0 aliphatic heterocycles. The fourth-order valence-corrected chi connectivity index (χ4v) is 3.85. The van der Waals surface area contributed by atoms with E-state index in [0.717, 1.165) is 19.3 Å². The van der Waals surface area contributed by atoms with Crippen LogP contribution < -0.4 is 5.73 Å². The predicted octanol–water partition coefficient (Wildman–Crippen LogP) is 2.65. The average Bonchev–Trinajstić information content (AvgIpc) is 2.97. The molecule has 0 heterocycles. The second-order valence-corrected chi connectivity index (χ2v) is 5.64. The summed E-state index contributed by atoms with van der Waals surface area (Å²) >= 11 is 0. The Bertz CT molecular complexity index is 433. The number of hydrogen-bond donors (Lipinski definition) is 2. The van der Waals surface area contributed by atoms with Crippen LogP contribution in [0, 0.1) is 0 Å². The molecule has 0 amide bonds. The van der Waals surface area contributed by atoms with E-state index in [9.17, 15) is 5.11 Å². The van der Waals surface area contributed by atoms with Crippen LogP contribution in [-0.2, 0) is 18.3 Å². The molecule has 2 heteroatoms. The number of fused-ring (bicyclic) bond motifs is 1. The molecule has 0 bridgehead atoms. The third-order valence-electron chi connectivity index (χ3n) is 4.74. The number of aromatic hydroxyl groups is 1. The molecule has 3 rings (SSSR count). The van der Waals surface area contributed by atoms with Gasteiger partial charge in [-0.2, -0.15) is 0 Å². The van der Waals surface area contributed by atoms with Crippen LogP contribution in [0.1, 0.15) is 48.8 Å². The Kier molecular flexibility index (Phi) is 2.62. The Morgan fingerprint density at radius 1 is 1.12 bits per heavy atom. The van der Waals surface area contributed by atoms with Crippen molar-refractivity contribution in [1.82, 2.24) is 0 Å². The highest BCUT2D eigenvalue weighted by Gasteiger charge is 2.39. The smallest absolute Gasteiger partial charge is 0.119 e. The van der Waals surface area contributed by atoms with Gasteiger partial charge < -0.3 is 10.8 Å². The SMILES string of the molecule is NCC1(c2c(O)ccc3c2CCC3)CCCC1. The van der Waals surface area contributed by atoms with E-state index in [-0.39, 0.29) is 5.41 Å². The standard InChI is InChI=1S/C15H21NO/c16-10-15(8-1-2-9-15)14-12-5-3-4-11(12)6-7-13(14)17/h6-7,17H,1-5,8-10,16H2. The van der Waals surface area contributed by atoms with E-state index in [1.165, 1.54) is 42.4 Å². The summed E-state index contributed by atoms with van der Waals surface area (Å²) in [7, 11) is 0. The van der Waals surface area contributed by atoms with Gasteiger partial charge in [0.25, 0.3) is 0 Å². The number of hydrogen-bond acceptors (Lipinski definition) is 2. The van der Waals surface area contributed by atoms with Crippen LogP contribution in [0.25, 0.3) is 0 Å². The molecule has 17 heavy (non-hydrogen) atoms. The zero-order valence-corrected chi connectivity index (χ0v) is 10.3. The molecule has 0 unspecified atom stereocenters. The Balaban J connectivity index is 2.16. The van der Waals surface area contributed by atoms with E-state index in [2.05, 4.69) is 6.07 Å². The van der Waals surface area contributed by atoms with Crippen molar-refractivity contribution in [3.05, 3.63) is 28.8 Å². The maximum atomic E-state index is 10.3. The number of nitrogens with two attached hydrogens (primary N) is 1. The van der Waals surface area contributed by atoms with Gasteiger partial charge in [-0.1, -0.05) is 18.9 Å². The highest BCUT2D eigenvalue weighted by Crippen LogP contribution is 2.47. The average molecular weight is 231 g/mol. The van der Waals surface area contributed by atoms with Crippen molar-refractivity contribution in [3.8, 4) is 5.75 Å². The van der Waals surface area contributed by atoms with E-state index in [1.54, 1.807) is 0 Å². The third-order valence-corrected chi connectivity index (χ3v) is 4.74. The van der Waals surface area contributed by atoms with Gasteiger partial charge in [0.2, 0.25) is 0 Å². The van der Waals surface area contributed by atoms with E-state index >= 15 is 0 Å². The lowest BCUT2D eigenvalue weighted by Crippen LogP contribution is -2.33. The summed E-state index contributed by atoms with van der Waals surface area (Å²) in [6.45, 7) is 0.678. The molecule has 2 nitrogen and oxygen atoms in total. The van der Waals surface area contributed by atoms with Gasteiger partial charge in [0.15, 0.2) is 0 Å². The van der Waals surface area contributed by atoms with E-state index < -0.39 is 0 Å². The van der Waals surface area contributed by atoms with E-state index in [4.69, 9.17) is 5.73 Å². The normalized spacial score (nSPS) is 21.7. The lowest BCUT2D eigenvalue weighted by molar-refractivity contribution is 0.402. The number of phenolic OH excluding ortho intramolecular Hbond substituents is 1. The van der Waals surface area contributed by atoms with Crippen molar-refractivity contribution in [3.63, 3.8) is 0 Å². The number of benzene rings is 1. The van der Waals surface area contributed by atoms with Crippen molar-refractivity contribution in [2.75, 3.05) is 6.54 Å². The second-order valence-electron chi connectivity index (χ2n) is 5.64. The van der Waals surface area contributed by atoms with Crippen molar-refractivity contribution in [2.24, 2.45) is 5.73 Å². The van der Waals surface area contributed by atoms with Crippen molar-refractivity contribution in [2.45, 2.75) is 50.4 Å². The molecule has 2 aliphatic rings. The van der Waals surface area contributed by atoms with E-state index in [0.29, 0.717) is 12.3 Å². The van der Waals surface area contributed by atoms with Gasteiger partial charge >= 0.3 is 0 Å². The maximum Gasteiger partial charge on any atom is 0.119 e. The van der Waals surface area contributed by atoms with Crippen LogP contribution in [0.4, 0.5) is 0 Å². The molecule has 0 aromatic heterocycles. The Labute approximate surface area is 103 Å². The molecule has 0 atom stereocenters. The molecule has 1 saturated carbocycles. The van der Waals surface area contributed by atoms with Crippen LogP contribution >= 0.6 is 0 Å². The monoisotopic (exact) mass is 231 g/mol. The zero-order chi connectivity index (χ0) is 11.9. The summed E-state index contributed by atoms with van der Waals surface area (Å²) in [5, 5.41) is 10.3. The zero-order valence-electron chi connectivity index (χ0n) is 10.3. The van der Waals surface area contributed by atoms with Gasteiger partial charge in [0.1, 0.15) is 5.75 Å². The fourth-order valence-electron chi connectivity index (χ4n) is 3.85. The minimum Gasteiger partial charge on any atom is -0.508 e. The largest absolute Gasteiger partial charge is 0.508 e. The molecule has 1 aromatic rings. The summed E-state index contributed by atoms with van der Waals surface area (Å²) < 4.78 is 0. The Hall–Kier alpha value is -1.02. The molecule has 3 N–H and O–H groups in total. The topological polar surface area (TPSA) is 46.2 Å². The first-order valence-corrected chi connectivity index (χ1v) is 6.81. The molecular weight excluding hydrogens is 210 g/mol. The minimum absolute atomic E-state index is 0.0692. The summed E-state index contributed by atoms with van der Waals surface area (Å²) in [4.78, 5) is 0. The summed E-state index contributed by atoms with van der Waals surface area (Å²) in [6.07, 6.45) is 8.32. The van der Waals surface area contributed by atoms with Crippen molar-refractivity contribution >= 4 is 0 Å². The molecule has 0 radical (unpaired) electrons. The highest BCUT2D eigenvalue weighted by atomic mass is 16.3. The number of aryl methyl sites for hydroxylation is 1. The van der Waals surface area contributed by atoms with Gasteiger partial charge in [0, 0.05) is 17.5 Å². The van der Waals surface area contributed by atoms with Gasteiger partial charge in [-0.25, -0.2) is 0 Å². The minimum atomic E-state index is 0.0692. The maximum absolute atomic E-state index is 10.3. The highest BCUT2D eigenvalue weighted by molar-refractivity contribution is 5.51. The summed E-state index contributed by atoms with van der Waals surface area (Å²) in [6, 6.07) is 3.98. The lowest BCUT2D eigenvalue weighted by atomic mass is 9.75. The second kappa shape index (κ2) is 4.02. The summed E-state index contributed by atoms with van der Waals surface area (Å²) in [5.74, 6) is 0.484. The van der Waals surface area contributed by atoms with Crippen LogP contribution in [0.15, 0.2) is 12.1 Å². The van der Waals surface area contributed by atoms with E-state index in [1.807, 2.05) is 6.07 Å². The molecule has 2 aliphatic carbocycles. The van der Waals surface area contributed by atoms with Crippen LogP contribution in [0.5, 0.6) is 5.75 Å². The fraction of sp³-hybridized carbons (Fsp3) is 0.600. The molecule has 0 saturated heterocycles. The Morgan fingerprint density at radius 2 is 1.88 bits per heavy atom. The predicted molar refractivity (Wildman–Crippen MR) is 69.3 cm³/mol. The van der Waals surface area contributed by atoms with Gasteiger partial charge in [-0.3, -0.25) is 0 Å². The van der Waals surface area contributed by atoms with Crippen LogP contribution in [0.3, 0.4) is 0 Å². The molecule has 1 fully saturated rings. The van der Waals surface area contributed by atoms with Gasteiger partial charge in [-0.05, 0) is 49.3 Å². The van der Waals surface area contributed by atoms with Crippen LogP contribution in [-0.4, -0.2) is 11.7 Å². The molecule has 92 valence electrons. The quantitative estimate of drug-likeness (QED) is 0.822. The third kappa shape index (κ3) is 1.58. The summed E-state index contributed by atoms with van der Waals surface area (Å²) in [5.41, 5.74) is 10.2. The number of phenols is 1.